The van der Waals surface area contributed by atoms with E-state index in [9.17, 15) is 4.39 Å². The maximum atomic E-state index is 14.4. The third-order valence-electron chi connectivity index (χ3n) is 4.29. The zero-order valence-electron chi connectivity index (χ0n) is 13.4. The Balaban J connectivity index is 1.75. The van der Waals surface area contributed by atoms with E-state index < -0.39 is 6.36 Å². The first-order valence-electron chi connectivity index (χ1n) is 8.09. The van der Waals surface area contributed by atoms with Crippen LogP contribution in [0.25, 0.3) is 17.2 Å². The fourth-order valence-corrected chi connectivity index (χ4v) is 4.03. The van der Waals surface area contributed by atoms with Gasteiger partial charge in [-0.15, -0.1) is 11.8 Å². The topological polar surface area (TPSA) is 22.1 Å². The van der Waals surface area contributed by atoms with Crippen LogP contribution in [0.3, 0.4) is 0 Å². The van der Waals surface area contributed by atoms with E-state index in [1.165, 1.54) is 18.0 Å². The molecule has 4 heteroatoms. The van der Waals surface area contributed by atoms with Crippen molar-refractivity contribution in [3.8, 4) is 0 Å². The van der Waals surface area contributed by atoms with E-state index in [-0.39, 0.29) is 0 Å². The predicted molar refractivity (Wildman–Crippen MR) is 97.0 cm³/mol. The maximum absolute atomic E-state index is 14.4. The van der Waals surface area contributed by atoms with Gasteiger partial charge in [0, 0.05) is 16.7 Å². The molecular formula is C20H18FNOS. The van der Waals surface area contributed by atoms with Crippen molar-refractivity contribution in [2.24, 2.45) is 5.92 Å². The van der Waals surface area contributed by atoms with Gasteiger partial charge in [0.1, 0.15) is 11.6 Å². The molecule has 0 fully saturated rings. The number of allylic oxidation sites excluding steroid dienone is 1. The molecule has 2 nitrogen and oxygen atoms in total. The van der Waals surface area contributed by atoms with Gasteiger partial charge in [0.05, 0.1) is 4.91 Å². The molecule has 1 aromatic carbocycles. The van der Waals surface area contributed by atoms with Crippen LogP contribution in [0.1, 0.15) is 23.7 Å². The van der Waals surface area contributed by atoms with E-state index >= 15 is 0 Å². The number of benzene rings is 1. The maximum Gasteiger partial charge on any atom is 0.269 e. The van der Waals surface area contributed by atoms with Crippen LogP contribution in [0, 0.1) is 5.92 Å². The normalized spacial score (nSPS) is 21.5. The van der Waals surface area contributed by atoms with Crippen LogP contribution in [-0.2, 0) is 16.9 Å². The van der Waals surface area contributed by atoms with Gasteiger partial charge in [0.15, 0.2) is 0 Å². The Labute approximate surface area is 144 Å². The molecule has 122 valence electrons. The highest BCUT2D eigenvalue weighted by Crippen LogP contribution is 2.28. The molecule has 2 unspecified atom stereocenters. The molecule has 0 N–H and O–H groups in total. The molecule has 2 aromatic rings. The Bertz CT molecular complexity index is 907. The molecule has 4 rings (SSSR count). The summed E-state index contributed by atoms with van der Waals surface area (Å²) in [7, 11) is 0. The lowest BCUT2D eigenvalue weighted by molar-refractivity contribution is 0.103. The first-order valence-corrected chi connectivity index (χ1v) is 9.08. The summed E-state index contributed by atoms with van der Waals surface area (Å²) in [4.78, 5) is 5.32. The smallest absolute Gasteiger partial charge is 0.269 e. The van der Waals surface area contributed by atoms with E-state index in [0.717, 1.165) is 33.8 Å². The molecule has 1 aliphatic carbocycles. The predicted octanol–water partition coefficient (Wildman–Crippen LogP) is 3.39. The summed E-state index contributed by atoms with van der Waals surface area (Å²) in [6, 6.07) is 12.1. The molecular weight excluding hydrogens is 321 g/mol. The number of alkyl halides is 1. The highest BCUT2D eigenvalue weighted by atomic mass is 32.2. The summed E-state index contributed by atoms with van der Waals surface area (Å²) < 4.78 is 19.6. The zero-order valence-corrected chi connectivity index (χ0v) is 14.2. The summed E-state index contributed by atoms with van der Waals surface area (Å²) in [6.07, 6.45) is 5.23. The number of nitrogens with zero attached hydrogens (tertiary/aromatic N) is 1. The van der Waals surface area contributed by atoms with Crippen molar-refractivity contribution in [1.29, 1.82) is 0 Å². The van der Waals surface area contributed by atoms with Crippen molar-refractivity contribution in [3.05, 3.63) is 69.9 Å². The molecule has 0 amide bonds. The van der Waals surface area contributed by atoms with Crippen molar-refractivity contribution in [1.82, 2.24) is 4.98 Å². The summed E-state index contributed by atoms with van der Waals surface area (Å²) in [5.74, 6) is 1.20. The first-order chi connectivity index (χ1) is 11.7. The standard InChI is InChI=1S/C20H18FNOS/c1-13-7-8-15-10-16-18(22-17(15)9-13)11-23-20(21)19(16)24-12-14-5-3-2-4-6-14/h2-8,10-11,13,20H,9,12H2,1H3. The Morgan fingerprint density at radius 1 is 1.29 bits per heavy atom. The molecule has 2 heterocycles. The molecule has 0 spiro atoms. The Kier molecular flexibility index (Phi) is 4.15. The van der Waals surface area contributed by atoms with Crippen molar-refractivity contribution in [2.75, 3.05) is 0 Å². The van der Waals surface area contributed by atoms with Crippen molar-refractivity contribution in [2.45, 2.75) is 25.5 Å². The van der Waals surface area contributed by atoms with Crippen molar-refractivity contribution >= 4 is 29.0 Å². The molecule has 0 saturated heterocycles. The number of hydrogen-bond acceptors (Lipinski definition) is 3. The van der Waals surface area contributed by atoms with Crippen LogP contribution in [0.5, 0.6) is 0 Å². The molecule has 24 heavy (non-hydrogen) atoms. The number of hydrogen-bond donors (Lipinski definition) is 0. The summed E-state index contributed by atoms with van der Waals surface area (Å²) in [5.41, 5.74) is 3.32. The average Bonchev–Trinajstić information content (AvgIpc) is 2.60. The van der Waals surface area contributed by atoms with Crippen LogP contribution in [0.4, 0.5) is 4.39 Å². The first kappa shape index (κ1) is 15.5. The second-order valence-corrected chi connectivity index (χ2v) is 7.22. The van der Waals surface area contributed by atoms with Gasteiger partial charge in [-0.05, 0) is 29.5 Å². The fourth-order valence-electron chi connectivity index (χ4n) is 3.01. The van der Waals surface area contributed by atoms with Gasteiger partial charge in [-0.1, -0.05) is 49.4 Å². The number of thioether (sulfide) groups is 1. The molecule has 0 bridgehead atoms. The Morgan fingerprint density at radius 2 is 2.12 bits per heavy atom. The Morgan fingerprint density at radius 3 is 2.96 bits per heavy atom. The van der Waals surface area contributed by atoms with E-state index in [4.69, 9.17) is 9.72 Å². The van der Waals surface area contributed by atoms with Gasteiger partial charge in [0.25, 0.3) is 6.36 Å². The fraction of sp³-hybridized carbons (Fsp3) is 0.250. The molecule has 1 aliphatic heterocycles. The van der Waals surface area contributed by atoms with E-state index in [1.54, 1.807) is 0 Å². The van der Waals surface area contributed by atoms with Gasteiger partial charge in [0.2, 0.25) is 0 Å². The van der Waals surface area contributed by atoms with Crippen LogP contribution >= 0.6 is 11.8 Å². The van der Waals surface area contributed by atoms with Crippen LogP contribution in [0.2, 0.25) is 0 Å². The SMILES string of the molecule is CC1C=Cc2cc3c(nc2C1)=COC(F)C=3SCc1ccccc1. The molecule has 0 saturated carbocycles. The second-order valence-electron chi connectivity index (χ2n) is 6.21. The number of aromatic nitrogens is 1. The summed E-state index contributed by atoms with van der Waals surface area (Å²) in [6.45, 7) is 2.17. The number of ether oxygens (including phenoxy) is 1. The lowest BCUT2D eigenvalue weighted by Crippen LogP contribution is -2.38. The number of rotatable bonds is 3. The van der Waals surface area contributed by atoms with Gasteiger partial charge in [-0.2, -0.15) is 4.39 Å². The molecule has 2 atom stereocenters. The van der Waals surface area contributed by atoms with Crippen LogP contribution in [-0.4, -0.2) is 11.3 Å². The van der Waals surface area contributed by atoms with E-state index in [0.29, 0.717) is 16.6 Å². The van der Waals surface area contributed by atoms with Gasteiger partial charge in [-0.25, -0.2) is 4.98 Å². The number of halogens is 1. The average molecular weight is 339 g/mol. The van der Waals surface area contributed by atoms with Gasteiger partial charge < -0.3 is 4.74 Å². The highest BCUT2D eigenvalue weighted by molar-refractivity contribution is 8.07. The highest BCUT2D eigenvalue weighted by Gasteiger charge is 2.21. The lowest BCUT2D eigenvalue weighted by atomic mass is 9.94. The summed E-state index contributed by atoms with van der Waals surface area (Å²) in [5, 5.41) is 1.59. The largest absolute Gasteiger partial charge is 0.461 e. The molecule has 1 aromatic heterocycles. The van der Waals surface area contributed by atoms with E-state index in [2.05, 4.69) is 25.1 Å². The minimum atomic E-state index is -1.42. The third-order valence-corrected chi connectivity index (χ3v) is 5.49. The van der Waals surface area contributed by atoms with Crippen LogP contribution < -0.4 is 10.6 Å². The van der Waals surface area contributed by atoms with Crippen molar-refractivity contribution < 1.29 is 9.13 Å². The van der Waals surface area contributed by atoms with Gasteiger partial charge in [-0.3, -0.25) is 0 Å². The Hall–Kier alpha value is -2.07. The minimum Gasteiger partial charge on any atom is -0.461 e. The van der Waals surface area contributed by atoms with Crippen LogP contribution in [0.15, 0.2) is 42.5 Å². The molecule has 2 aliphatic rings. The zero-order chi connectivity index (χ0) is 16.5. The quantitative estimate of drug-likeness (QED) is 0.856. The monoisotopic (exact) mass is 339 g/mol. The number of pyridine rings is 1. The number of fused-ring (bicyclic) bond motifs is 2. The second kappa shape index (κ2) is 6.44. The third kappa shape index (κ3) is 2.98. The van der Waals surface area contributed by atoms with Gasteiger partial charge >= 0.3 is 0 Å². The molecule has 0 radical (unpaired) electrons. The lowest BCUT2D eigenvalue weighted by Gasteiger charge is -2.19. The summed E-state index contributed by atoms with van der Waals surface area (Å²) >= 11 is 1.49. The van der Waals surface area contributed by atoms with Crippen molar-refractivity contribution in [3.63, 3.8) is 0 Å². The minimum absolute atomic E-state index is 0.484. The van der Waals surface area contributed by atoms with E-state index in [1.807, 2.05) is 30.3 Å².